The van der Waals surface area contributed by atoms with Gasteiger partial charge in [-0.1, -0.05) is 54.2 Å². The van der Waals surface area contributed by atoms with Crippen LogP contribution in [0, 0.1) is 6.92 Å². The van der Waals surface area contributed by atoms with Crippen LogP contribution in [0.4, 0.5) is 5.82 Å². The summed E-state index contributed by atoms with van der Waals surface area (Å²) in [6.07, 6.45) is 4.43. The highest BCUT2D eigenvalue weighted by Crippen LogP contribution is 2.24. The van der Waals surface area contributed by atoms with Crippen LogP contribution < -0.4 is 10.2 Å². The van der Waals surface area contributed by atoms with E-state index >= 15 is 0 Å². The molecule has 2 aliphatic heterocycles. The van der Waals surface area contributed by atoms with Crippen LogP contribution in [0.5, 0.6) is 0 Å². The second-order valence-corrected chi connectivity index (χ2v) is 11.0. The van der Waals surface area contributed by atoms with Gasteiger partial charge < -0.3 is 19.4 Å². The van der Waals surface area contributed by atoms with Crippen LogP contribution >= 0.6 is 11.8 Å². The van der Waals surface area contributed by atoms with Crippen molar-refractivity contribution in [1.29, 1.82) is 0 Å². The molecule has 40 heavy (non-hydrogen) atoms. The smallest absolute Gasteiger partial charge is 0.287 e. The summed E-state index contributed by atoms with van der Waals surface area (Å²) in [7, 11) is 0. The number of aryl methyl sites for hydroxylation is 1. The molecular weight excluding hydrogens is 524 g/mol. The first kappa shape index (κ1) is 28.4. The highest BCUT2D eigenvalue weighted by atomic mass is 32.2. The van der Waals surface area contributed by atoms with Gasteiger partial charge in [0.2, 0.25) is 0 Å². The van der Waals surface area contributed by atoms with E-state index in [2.05, 4.69) is 67.5 Å². The van der Waals surface area contributed by atoms with Crippen molar-refractivity contribution >= 4 is 29.6 Å². The number of nitrogens with zero attached hydrogens (tertiary/aromatic N) is 5. The van der Waals surface area contributed by atoms with Gasteiger partial charge in [-0.25, -0.2) is 9.97 Å². The first-order valence-electron chi connectivity index (χ1n) is 14.0. The molecule has 1 amide bonds. The maximum Gasteiger partial charge on any atom is 0.287 e. The Balaban J connectivity index is 1.07. The molecule has 1 aromatic carbocycles. The number of rotatable bonds is 11. The van der Waals surface area contributed by atoms with Crippen LogP contribution in [0.3, 0.4) is 0 Å². The van der Waals surface area contributed by atoms with Crippen LogP contribution in [-0.2, 0) is 10.5 Å². The molecule has 0 spiro atoms. The number of carbonyl (C=O) groups is 1. The summed E-state index contributed by atoms with van der Waals surface area (Å²) in [4.78, 5) is 29.0. The third-order valence-electron chi connectivity index (χ3n) is 7.04. The lowest BCUT2D eigenvalue weighted by Gasteiger charge is -2.35. The minimum Gasteiger partial charge on any atom is -0.455 e. The van der Waals surface area contributed by atoms with Gasteiger partial charge in [-0.05, 0) is 24.6 Å². The number of hydrogen-bond donors (Lipinski definition) is 1. The van der Waals surface area contributed by atoms with Gasteiger partial charge in [0.05, 0.1) is 19.0 Å². The normalized spacial score (nSPS) is 17.0. The van der Waals surface area contributed by atoms with E-state index in [0.717, 1.165) is 88.0 Å². The fourth-order valence-corrected chi connectivity index (χ4v) is 5.56. The largest absolute Gasteiger partial charge is 0.455 e. The zero-order valence-corrected chi connectivity index (χ0v) is 23.9. The SMILES string of the molecule is Cc1cc(N2CCN(C/C=C/c3ccccc3)CC2)nc(SCc2ccc(C(=O)NCCN3CCOCC3)o2)n1. The molecule has 9 nitrogen and oxygen atoms in total. The Labute approximate surface area is 240 Å². The number of nitrogens with one attached hydrogen (secondary N) is 1. The molecule has 0 radical (unpaired) electrons. The molecule has 0 atom stereocenters. The number of aromatic nitrogens is 2. The zero-order chi connectivity index (χ0) is 27.6. The zero-order valence-electron chi connectivity index (χ0n) is 23.1. The molecule has 2 aliphatic rings. The average Bonchev–Trinajstić information content (AvgIpc) is 3.47. The Kier molecular flexibility index (Phi) is 10.2. The molecule has 5 rings (SSSR count). The van der Waals surface area contributed by atoms with Gasteiger partial charge in [-0.15, -0.1) is 0 Å². The van der Waals surface area contributed by atoms with Crippen LogP contribution in [0.2, 0.25) is 0 Å². The van der Waals surface area contributed by atoms with Crippen molar-refractivity contribution in [3.63, 3.8) is 0 Å². The van der Waals surface area contributed by atoms with Crippen molar-refractivity contribution in [2.75, 3.05) is 77.0 Å². The molecule has 1 N–H and O–H groups in total. The predicted molar refractivity (Wildman–Crippen MR) is 159 cm³/mol. The maximum absolute atomic E-state index is 12.5. The topological polar surface area (TPSA) is 87.0 Å². The number of piperazine rings is 1. The third kappa shape index (κ3) is 8.41. The number of furan rings is 1. The lowest BCUT2D eigenvalue weighted by molar-refractivity contribution is 0.0382. The summed E-state index contributed by atoms with van der Waals surface area (Å²) in [6, 6.07) is 16.1. The Morgan fingerprint density at radius 1 is 1.00 bits per heavy atom. The number of benzene rings is 1. The minimum absolute atomic E-state index is 0.187. The second kappa shape index (κ2) is 14.5. The lowest BCUT2D eigenvalue weighted by atomic mass is 10.2. The molecule has 2 saturated heterocycles. The van der Waals surface area contributed by atoms with Crippen molar-refractivity contribution in [1.82, 2.24) is 25.1 Å². The van der Waals surface area contributed by atoms with E-state index in [-0.39, 0.29) is 5.91 Å². The summed E-state index contributed by atoms with van der Waals surface area (Å²) in [5.41, 5.74) is 2.18. The van der Waals surface area contributed by atoms with E-state index in [1.807, 2.05) is 19.1 Å². The van der Waals surface area contributed by atoms with E-state index < -0.39 is 0 Å². The molecular formula is C30H38N6O3S. The molecule has 0 saturated carbocycles. The summed E-state index contributed by atoms with van der Waals surface area (Å²) in [5.74, 6) is 2.40. The monoisotopic (exact) mass is 562 g/mol. The molecule has 4 heterocycles. The van der Waals surface area contributed by atoms with Crippen LogP contribution in [-0.4, -0.2) is 97.8 Å². The molecule has 10 heteroatoms. The summed E-state index contributed by atoms with van der Waals surface area (Å²) in [5, 5.41) is 3.67. The van der Waals surface area contributed by atoms with Gasteiger partial charge in [0, 0.05) is 70.7 Å². The minimum atomic E-state index is -0.187. The Hall–Kier alpha value is -3.18. The second-order valence-electron chi connectivity index (χ2n) is 10.0. The van der Waals surface area contributed by atoms with Gasteiger partial charge >= 0.3 is 0 Å². The average molecular weight is 563 g/mol. The van der Waals surface area contributed by atoms with Gasteiger partial charge in [0.15, 0.2) is 10.9 Å². The van der Waals surface area contributed by atoms with E-state index in [0.29, 0.717) is 18.1 Å². The molecule has 2 aromatic heterocycles. The third-order valence-corrected chi connectivity index (χ3v) is 7.91. The number of carbonyl (C=O) groups excluding carboxylic acids is 1. The van der Waals surface area contributed by atoms with Crippen molar-refractivity contribution in [2.45, 2.75) is 17.8 Å². The highest BCUT2D eigenvalue weighted by molar-refractivity contribution is 7.98. The Bertz CT molecular complexity index is 1250. The molecule has 212 valence electrons. The van der Waals surface area contributed by atoms with Crippen molar-refractivity contribution in [3.8, 4) is 0 Å². The first-order chi connectivity index (χ1) is 19.6. The Morgan fingerprint density at radius 2 is 1.80 bits per heavy atom. The number of hydrogen-bond acceptors (Lipinski definition) is 9. The summed E-state index contributed by atoms with van der Waals surface area (Å²) < 4.78 is 11.2. The van der Waals surface area contributed by atoms with Crippen molar-refractivity contribution < 1.29 is 13.9 Å². The lowest BCUT2D eigenvalue weighted by Crippen LogP contribution is -2.46. The first-order valence-corrected chi connectivity index (χ1v) is 15.0. The van der Waals surface area contributed by atoms with E-state index in [1.54, 1.807) is 6.07 Å². The summed E-state index contributed by atoms with van der Waals surface area (Å²) >= 11 is 1.52. The number of thioether (sulfide) groups is 1. The molecule has 0 aliphatic carbocycles. The maximum atomic E-state index is 12.5. The van der Waals surface area contributed by atoms with Crippen molar-refractivity contribution in [3.05, 3.63) is 77.4 Å². The van der Waals surface area contributed by atoms with Crippen LogP contribution in [0.15, 0.2) is 64.2 Å². The fraction of sp³-hybridized carbons (Fsp3) is 0.433. The molecule has 0 bridgehead atoms. The van der Waals surface area contributed by atoms with Gasteiger partial charge in [0.1, 0.15) is 11.6 Å². The van der Waals surface area contributed by atoms with E-state index in [9.17, 15) is 4.79 Å². The van der Waals surface area contributed by atoms with E-state index in [4.69, 9.17) is 14.1 Å². The Morgan fingerprint density at radius 3 is 2.60 bits per heavy atom. The number of amides is 1. The van der Waals surface area contributed by atoms with Gasteiger partial charge in [-0.3, -0.25) is 14.6 Å². The number of anilines is 1. The van der Waals surface area contributed by atoms with Crippen LogP contribution in [0.25, 0.3) is 6.08 Å². The molecule has 3 aromatic rings. The quantitative estimate of drug-likeness (QED) is 0.278. The standard InChI is InChI=1S/C30H38N6O3S/c1-24-22-28(36-16-14-34(15-17-36)12-5-8-25-6-3-2-4-7-25)33-30(32-24)40-23-26-9-10-27(39-26)29(37)31-11-13-35-18-20-38-21-19-35/h2-10,22H,11-21,23H2,1H3,(H,31,37)/b8-5+. The molecule has 0 unspecified atom stereocenters. The predicted octanol–water partition coefficient (Wildman–Crippen LogP) is 3.57. The molecule has 2 fully saturated rings. The fourth-order valence-electron chi connectivity index (χ4n) is 4.77. The summed E-state index contributed by atoms with van der Waals surface area (Å²) in [6.45, 7) is 11.5. The van der Waals surface area contributed by atoms with Crippen molar-refractivity contribution in [2.24, 2.45) is 0 Å². The van der Waals surface area contributed by atoms with Gasteiger partial charge in [-0.2, -0.15) is 0 Å². The highest BCUT2D eigenvalue weighted by Gasteiger charge is 2.19. The van der Waals surface area contributed by atoms with E-state index in [1.165, 1.54) is 17.3 Å². The van der Waals surface area contributed by atoms with Gasteiger partial charge in [0.25, 0.3) is 5.91 Å². The number of ether oxygens (including phenoxy) is 1. The van der Waals surface area contributed by atoms with Crippen LogP contribution in [0.1, 0.15) is 27.6 Å². The number of morpholine rings is 1.